The van der Waals surface area contributed by atoms with Crippen LogP contribution in [0.3, 0.4) is 0 Å². The number of nitrogens with zero attached hydrogens (tertiary/aromatic N) is 3. The lowest BCUT2D eigenvalue weighted by molar-refractivity contribution is 0.396. The van der Waals surface area contributed by atoms with Crippen LogP contribution in [0.4, 0.5) is 0 Å². The van der Waals surface area contributed by atoms with Gasteiger partial charge in [0.1, 0.15) is 0 Å². The van der Waals surface area contributed by atoms with Crippen LogP contribution in [0.15, 0.2) is 94.0 Å². The van der Waals surface area contributed by atoms with Crippen molar-refractivity contribution < 1.29 is 4.52 Å². The number of thioether (sulfide) groups is 1. The summed E-state index contributed by atoms with van der Waals surface area (Å²) < 4.78 is 5.84. The van der Waals surface area contributed by atoms with E-state index in [1.165, 1.54) is 16.0 Å². The molecular weight excluding hydrogens is 472 g/mol. The van der Waals surface area contributed by atoms with Gasteiger partial charge in [0.05, 0.1) is 11.6 Å². The molecule has 1 aliphatic rings. The van der Waals surface area contributed by atoms with E-state index in [4.69, 9.17) is 21.7 Å². The van der Waals surface area contributed by atoms with Gasteiger partial charge in [0, 0.05) is 22.7 Å². The second kappa shape index (κ2) is 10.1. The standard InChI is InChI=1S/C28H26N4OS2/c1-18-9-13-21(14-10-18)25-24(27-30-26(31-33-27)22-7-5-4-6-8-22)19(2)32(28(34)29-25)17-20-11-15-23(35-3)16-12-20/h4-16,25H,17H2,1-3H3,(H,29,34). The Balaban J connectivity index is 1.57. The number of allylic oxidation sites excluding steroid dienone is 1. The maximum Gasteiger partial charge on any atom is 0.258 e. The van der Waals surface area contributed by atoms with Crippen LogP contribution in [0.25, 0.3) is 17.0 Å². The van der Waals surface area contributed by atoms with E-state index >= 15 is 0 Å². The second-order valence-corrected chi connectivity index (χ2v) is 9.78. The number of hydrogen-bond acceptors (Lipinski definition) is 5. The van der Waals surface area contributed by atoms with Crippen LogP contribution in [-0.2, 0) is 6.54 Å². The second-order valence-electron chi connectivity index (χ2n) is 8.52. The molecule has 0 bridgehead atoms. The number of aromatic nitrogens is 2. The van der Waals surface area contributed by atoms with Crippen LogP contribution in [0.2, 0.25) is 0 Å². The van der Waals surface area contributed by atoms with Gasteiger partial charge >= 0.3 is 0 Å². The molecule has 0 radical (unpaired) electrons. The molecule has 1 unspecified atom stereocenters. The summed E-state index contributed by atoms with van der Waals surface area (Å²) in [4.78, 5) is 8.13. The fourth-order valence-corrected chi connectivity index (χ4v) is 4.94. The Bertz CT molecular complexity index is 1360. The zero-order chi connectivity index (χ0) is 24.4. The molecule has 0 fully saturated rings. The van der Waals surface area contributed by atoms with E-state index in [1.807, 2.05) is 30.3 Å². The van der Waals surface area contributed by atoms with Gasteiger partial charge in [-0.15, -0.1) is 11.8 Å². The van der Waals surface area contributed by atoms with E-state index in [1.54, 1.807) is 11.8 Å². The monoisotopic (exact) mass is 498 g/mol. The van der Waals surface area contributed by atoms with Crippen molar-refractivity contribution in [3.8, 4) is 11.4 Å². The highest BCUT2D eigenvalue weighted by molar-refractivity contribution is 7.98. The van der Waals surface area contributed by atoms with Gasteiger partial charge < -0.3 is 14.7 Å². The van der Waals surface area contributed by atoms with Crippen LogP contribution in [0.5, 0.6) is 0 Å². The summed E-state index contributed by atoms with van der Waals surface area (Å²) in [7, 11) is 0. The number of rotatable bonds is 6. The maximum atomic E-state index is 5.85. The van der Waals surface area contributed by atoms with Gasteiger partial charge in [0.15, 0.2) is 5.11 Å². The smallest absolute Gasteiger partial charge is 0.258 e. The molecule has 1 aliphatic heterocycles. The molecule has 7 heteroatoms. The molecule has 4 aromatic rings. The first kappa shape index (κ1) is 23.3. The van der Waals surface area contributed by atoms with Crippen molar-refractivity contribution >= 4 is 34.7 Å². The fourth-order valence-electron chi connectivity index (χ4n) is 4.21. The fraction of sp³-hybridized carbons (Fsp3) is 0.179. The first-order chi connectivity index (χ1) is 17.0. The highest BCUT2D eigenvalue weighted by Crippen LogP contribution is 2.38. The summed E-state index contributed by atoms with van der Waals surface area (Å²) in [5.74, 6) is 1.06. The molecule has 1 aromatic heterocycles. The van der Waals surface area contributed by atoms with Crippen molar-refractivity contribution in [2.75, 3.05) is 6.26 Å². The Labute approximate surface area is 215 Å². The Morgan fingerprint density at radius 1 is 0.971 bits per heavy atom. The van der Waals surface area contributed by atoms with E-state index in [0.717, 1.165) is 22.4 Å². The van der Waals surface area contributed by atoms with Crippen molar-refractivity contribution in [3.63, 3.8) is 0 Å². The lowest BCUT2D eigenvalue weighted by atomic mass is 9.94. The molecule has 0 aliphatic carbocycles. The maximum absolute atomic E-state index is 5.85. The molecule has 5 rings (SSSR count). The minimum absolute atomic E-state index is 0.192. The molecule has 35 heavy (non-hydrogen) atoms. The average molecular weight is 499 g/mol. The van der Waals surface area contributed by atoms with Crippen LogP contribution in [0, 0.1) is 6.92 Å². The minimum Gasteiger partial charge on any atom is -0.351 e. The molecule has 176 valence electrons. The summed E-state index contributed by atoms with van der Waals surface area (Å²) in [6, 6.07) is 26.7. The van der Waals surface area contributed by atoms with E-state index < -0.39 is 0 Å². The van der Waals surface area contributed by atoms with E-state index in [9.17, 15) is 0 Å². The minimum atomic E-state index is -0.192. The molecule has 5 nitrogen and oxygen atoms in total. The van der Waals surface area contributed by atoms with Gasteiger partial charge in [-0.2, -0.15) is 4.98 Å². The van der Waals surface area contributed by atoms with Crippen LogP contribution in [0.1, 0.15) is 35.5 Å². The third kappa shape index (κ3) is 4.88. The topological polar surface area (TPSA) is 54.2 Å². The number of hydrogen-bond donors (Lipinski definition) is 1. The first-order valence-corrected chi connectivity index (χ1v) is 13.0. The summed E-state index contributed by atoms with van der Waals surface area (Å²) in [6.07, 6.45) is 2.08. The van der Waals surface area contributed by atoms with Crippen LogP contribution < -0.4 is 5.32 Å². The Hall–Kier alpha value is -3.42. The van der Waals surface area contributed by atoms with Gasteiger partial charge in [-0.25, -0.2) is 0 Å². The van der Waals surface area contributed by atoms with Crippen molar-refractivity contribution in [1.82, 2.24) is 20.4 Å². The summed E-state index contributed by atoms with van der Waals surface area (Å²) in [6.45, 7) is 4.81. The predicted octanol–water partition coefficient (Wildman–Crippen LogP) is 6.63. The third-order valence-corrected chi connectivity index (χ3v) is 7.28. The molecule has 3 aromatic carbocycles. The summed E-state index contributed by atoms with van der Waals surface area (Å²) in [5.41, 5.74) is 6.31. The van der Waals surface area contributed by atoms with Gasteiger partial charge in [0.2, 0.25) is 5.82 Å². The van der Waals surface area contributed by atoms with Crippen molar-refractivity contribution in [3.05, 3.63) is 107 Å². The van der Waals surface area contributed by atoms with Crippen molar-refractivity contribution in [2.24, 2.45) is 0 Å². The molecule has 1 N–H and O–H groups in total. The molecule has 0 saturated carbocycles. The van der Waals surface area contributed by atoms with Gasteiger partial charge in [-0.1, -0.05) is 77.5 Å². The average Bonchev–Trinajstić information content (AvgIpc) is 3.37. The quantitative estimate of drug-likeness (QED) is 0.236. The zero-order valence-corrected chi connectivity index (χ0v) is 21.5. The number of thiocarbonyl (C=S) groups is 1. The lowest BCUT2D eigenvalue weighted by Gasteiger charge is -2.37. The zero-order valence-electron chi connectivity index (χ0n) is 19.9. The Morgan fingerprint density at radius 2 is 1.69 bits per heavy atom. The molecule has 1 atom stereocenters. The van der Waals surface area contributed by atoms with Crippen molar-refractivity contribution in [1.29, 1.82) is 0 Å². The Kier molecular flexibility index (Phi) is 6.70. The molecule has 0 amide bonds. The molecular formula is C28H26N4OS2. The number of aryl methyl sites for hydroxylation is 1. The SMILES string of the molecule is CSc1ccc(CN2C(=S)NC(c3ccc(C)cc3)C(c3nc(-c4ccccc4)no3)=C2C)cc1. The van der Waals surface area contributed by atoms with Crippen LogP contribution >= 0.6 is 24.0 Å². The highest BCUT2D eigenvalue weighted by atomic mass is 32.2. The van der Waals surface area contributed by atoms with E-state index in [0.29, 0.717) is 23.4 Å². The van der Waals surface area contributed by atoms with Crippen molar-refractivity contribution in [2.45, 2.75) is 31.3 Å². The van der Waals surface area contributed by atoms with Gasteiger partial charge in [-0.3, -0.25) is 0 Å². The van der Waals surface area contributed by atoms with Crippen LogP contribution in [-0.4, -0.2) is 26.4 Å². The lowest BCUT2D eigenvalue weighted by Crippen LogP contribution is -2.45. The largest absolute Gasteiger partial charge is 0.351 e. The highest BCUT2D eigenvalue weighted by Gasteiger charge is 2.34. The molecule has 2 heterocycles. The van der Waals surface area contributed by atoms with Gasteiger partial charge in [-0.05, 0) is 55.6 Å². The molecule has 0 saturated heterocycles. The summed E-state index contributed by atoms with van der Waals surface area (Å²) >= 11 is 7.58. The van der Waals surface area contributed by atoms with E-state index in [-0.39, 0.29) is 6.04 Å². The number of nitrogens with one attached hydrogen (secondary N) is 1. The summed E-state index contributed by atoms with van der Waals surface area (Å²) in [5, 5.41) is 8.50. The van der Waals surface area contributed by atoms with Gasteiger partial charge in [0.25, 0.3) is 5.89 Å². The normalized spacial score (nSPS) is 15.9. The number of benzene rings is 3. The first-order valence-electron chi connectivity index (χ1n) is 11.4. The van der Waals surface area contributed by atoms with E-state index in [2.05, 4.69) is 84.0 Å². The Morgan fingerprint density at radius 3 is 2.37 bits per heavy atom. The molecule has 0 spiro atoms. The third-order valence-electron chi connectivity index (χ3n) is 6.20. The predicted molar refractivity (Wildman–Crippen MR) is 146 cm³/mol.